The number of carboxylic acids is 3. The van der Waals surface area contributed by atoms with Crippen LogP contribution in [0.1, 0.15) is 12.8 Å². The van der Waals surface area contributed by atoms with Gasteiger partial charge in [-0.25, -0.2) is 4.79 Å². The van der Waals surface area contributed by atoms with E-state index in [2.05, 4.69) is 0 Å². The van der Waals surface area contributed by atoms with E-state index in [4.69, 9.17) is 20.4 Å². The Morgan fingerprint density at radius 3 is 1.18 bits per heavy atom. The number of rotatable bonds is 5. The van der Waals surface area contributed by atoms with E-state index in [1.807, 2.05) is 0 Å². The summed E-state index contributed by atoms with van der Waals surface area (Å²) in [7, 11) is 0. The predicted octanol–water partition coefficient (Wildman–Crippen LogP) is -3.72. The molecule has 0 fully saturated rings. The van der Waals surface area contributed by atoms with Gasteiger partial charge < -0.3 is 36.9 Å². The Hall–Kier alpha value is -0.555. The molecule has 0 aromatic carbocycles. The minimum absolute atomic E-state index is 0. The molecule has 101 valence electrons. The summed E-state index contributed by atoms with van der Waals surface area (Å²) < 4.78 is 0. The molecule has 0 aliphatic carbocycles. The smallest absolute Gasteiger partial charge is 0.336 e. The maximum Gasteiger partial charge on any atom is 0.336 e. The molecule has 10 N–H and O–H groups in total. The fourth-order valence-electron chi connectivity index (χ4n) is 0.714. The second kappa shape index (κ2) is 11.9. The molecule has 17 heavy (non-hydrogen) atoms. The van der Waals surface area contributed by atoms with E-state index in [9.17, 15) is 14.4 Å². The molecule has 0 aliphatic rings. The number of aliphatic carboxylic acids is 3. The van der Waals surface area contributed by atoms with Crippen LogP contribution in [-0.4, -0.2) is 60.4 Å². The Morgan fingerprint density at radius 2 is 1.06 bits per heavy atom. The van der Waals surface area contributed by atoms with Crippen molar-refractivity contribution >= 4 is 17.9 Å². The molecule has 1 radical (unpaired) electrons. The van der Waals surface area contributed by atoms with Crippen LogP contribution < -0.4 is 0 Å². The number of hydrogen-bond donors (Lipinski definition) is 4. The quantitative estimate of drug-likeness (QED) is 0.369. The molecule has 0 rings (SSSR count). The molecule has 0 spiro atoms. The van der Waals surface area contributed by atoms with Crippen LogP contribution in [0, 0.1) is 35.6 Å². The minimum atomic E-state index is -2.74. The maximum atomic E-state index is 10.3. The minimum Gasteiger partial charge on any atom is -0.481 e. The number of hydrogen-bond acceptors (Lipinski definition) is 4. The van der Waals surface area contributed by atoms with Gasteiger partial charge in [0.25, 0.3) is 0 Å². The SMILES string of the molecule is O.O.O.O=C(O)CC(O)(CC(=O)O)C(=O)O.[La]. The van der Waals surface area contributed by atoms with E-state index < -0.39 is 36.4 Å². The fourth-order valence-corrected chi connectivity index (χ4v) is 0.714. The second-order valence-corrected chi connectivity index (χ2v) is 2.48. The first-order valence-corrected chi connectivity index (χ1v) is 3.17. The average molecular weight is 385 g/mol. The molecule has 11 heteroatoms. The number of carboxylic acid groups (broad SMARTS) is 3. The van der Waals surface area contributed by atoms with Crippen LogP contribution in [0.5, 0.6) is 0 Å². The van der Waals surface area contributed by atoms with Crippen LogP contribution in [-0.2, 0) is 14.4 Å². The molecule has 0 amide bonds. The Balaban J connectivity index is -0.000000120. The van der Waals surface area contributed by atoms with Crippen LogP contribution in [0.25, 0.3) is 0 Å². The summed E-state index contributed by atoms with van der Waals surface area (Å²) in [6.45, 7) is 0. The van der Waals surface area contributed by atoms with Gasteiger partial charge in [-0.1, -0.05) is 0 Å². The molecule has 0 saturated heterocycles. The first kappa shape index (κ1) is 29.9. The Labute approximate surface area is 123 Å². The van der Waals surface area contributed by atoms with Gasteiger partial charge in [0.05, 0.1) is 12.8 Å². The van der Waals surface area contributed by atoms with Crippen molar-refractivity contribution in [2.45, 2.75) is 18.4 Å². The topological polar surface area (TPSA) is 227 Å². The van der Waals surface area contributed by atoms with E-state index >= 15 is 0 Å². The van der Waals surface area contributed by atoms with Crippen LogP contribution in [0.4, 0.5) is 0 Å². The van der Waals surface area contributed by atoms with Crippen molar-refractivity contribution in [3.05, 3.63) is 0 Å². The summed E-state index contributed by atoms with van der Waals surface area (Å²) >= 11 is 0. The summed E-state index contributed by atoms with van der Waals surface area (Å²) in [4.78, 5) is 30.5. The second-order valence-electron chi connectivity index (χ2n) is 2.48. The van der Waals surface area contributed by atoms with Gasteiger partial charge >= 0.3 is 17.9 Å². The molecular weight excluding hydrogens is 371 g/mol. The van der Waals surface area contributed by atoms with E-state index in [-0.39, 0.29) is 52.0 Å². The zero-order valence-corrected chi connectivity index (χ0v) is 12.1. The van der Waals surface area contributed by atoms with E-state index in [1.54, 1.807) is 0 Å². The molecule has 10 nitrogen and oxygen atoms in total. The molecule has 0 aromatic heterocycles. The molecule has 0 heterocycles. The van der Waals surface area contributed by atoms with Crippen molar-refractivity contribution in [3.63, 3.8) is 0 Å². The van der Waals surface area contributed by atoms with Crippen LogP contribution >= 0.6 is 0 Å². The molecule has 0 aromatic rings. The Bertz CT molecular complexity index is 235. The largest absolute Gasteiger partial charge is 0.481 e. The van der Waals surface area contributed by atoms with Crippen molar-refractivity contribution < 1.29 is 86.8 Å². The molecule has 0 aliphatic heterocycles. The molecule has 0 saturated carbocycles. The van der Waals surface area contributed by atoms with Crippen LogP contribution in [0.2, 0.25) is 0 Å². The molecule has 0 unspecified atom stereocenters. The summed E-state index contributed by atoms with van der Waals surface area (Å²) in [5.74, 6) is -5.02. The third kappa shape index (κ3) is 11.7. The monoisotopic (exact) mass is 385 g/mol. The van der Waals surface area contributed by atoms with E-state index in [0.29, 0.717) is 0 Å². The van der Waals surface area contributed by atoms with Gasteiger partial charge in [0, 0.05) is 35.6 Å². The third-order valence-electron chi connectivity index (χ3n) is 1.29. The van der Waals surface area contributed by atoms with Gasteiger partial charge in [-0.05, 0) is 0 Å². The molecular formula is C6H14LaO10. The van der Waals surface area contributed by atoms with Crippen LogP contribution in [0.3, 0.4) is 0 Å². The van der Waals surface area contributed by atoms with E-state index in [1.165, 1.54) is 0 Å². The predicted molar refractivity (Wildman–Crippen MR) is 47.9 cm³/mol. The van der Waals surface area contributed by atoms with Gasteiger partial charge in [0.15, 0.2) is 5.60 Å². The Kier molecular flexibility index (Phi) is 21.0. The van der Waals surface area contributed by atoms with Crippen molar-refractivity contribution in [2.75, 3.05) is 0 Å². The van der Waals surface area contributed by atoms with Crippen LogP contribution in [0.15, 0.2) is 0 Å². The number of aliphatic hydroxyl groups is 1. The maximum absolute atomic E-state index is 10.3. The first-order valence-electron chi connectivity index (χ1n) is 3.17. The standard InChI is InChI=1S/C6H8O7.La.3H2O/c7-3(8)1-6(13,5(11)12)2-4(9)10;;;;/h13H,1-2H2,(H,7,8)(H,9,10)(H,11,12);;3*1H2. The zero-order chi connectivity index (χ0) is 10.6. The normalized spacial score (nSPS) is 8.29. The number of carbonyl (C=O) groups is 3. The van der Waals surface area contributed by atoms with Gasteiger partial charge in [0.1, 0.15) is 0 Å². The third-order valence-corrected chi connectivity index (χ3v) is 1.29. The summed E-state index contributed by atoms with van der Waals surface area (Å²) in [5, 5.41) is 33.8. The first-order chi connectivity index (χ1) is 5.78. The van der Waals surface area contributed by atoms with Gasteiger partial charge in [0.2, 0.25) is 0 Å². The molecule has 0 bridgehead atoms. The van der Waals surface area contributed by atoms with Gasteiger partial charge in [-0.3, -0.25) is 9.59 Å². The average Bonchev–Trinajstić information content (AvgIpc) is 1.82. The summed E-state index contributed by atoms with van der Waals surface area (Å²) in [5.41, 5.74) is -2.74. The van der Waals surface area contributed by atoms with Gasteiger partial charge in [-0.15, -0.1) is 0 Å². The van der Waals surface area contributed by atoms with Crippen molar-refractivity contribution in [2.24, 2.45) is 0 Å². The van der Waals surface area contributed by atoms with Crippen molar-refractivity contribution in [3.8, 4) is 0 Å². The van der Waals surface area contributed by atoms with Gasteiger partial charge in [-0.2, -0.15) is 0 Å². The fraction of sp³-hybridized carbons (Fsp3) is 0.500. The molecule has 0 atom stereocenters. The zero-order valence-electron chi connectivity index (χ0n) is 8.51. The Morgan fingerprint density at radius 1 is 0.824 bits per heavy atom. The summed E-state index contributed by atoms with van der Waals surface area (Å²) in [6, 6.07) is 0. The summed E-state index contributed by atoms with van der Waals surface area (Å²) in [6.07, 6.45) is -2.29. The van der Waals surface area contributed by atoms with Crippen molar-refractivity contribution in [1.82, 2.24) is 0 Å². The van der Waals surface area contributed by atoms with E-state index in [0.717, 1.165) is 0 Å². The van der Waals surface area contributed by atoms with Crippen molar-refractivity contribution in [1.29, 1.82) is 0 Å².